The summed E-state index contributed by atoms with van der Waals surface area (Å²) in [6.07, 6.45) is 5.82. The zero-order valence-electron chi connectivity index (χ0n) is 12.5. The minimum Gasteiger partial charge on any atom is -0.444 e. The highest BCUT2D eigenvalue weighted by Gasteiger charge is 2.30. The second-order valence-corrected chi connectivity index (χ2v) is 7.44. The normalized spacial score (nSPS) is 20.6. The van der Waals surface area contributed by atoms with Crippen molar-refractivity contribution in [3.63, 3.8) is 0 Å². The number of amides is 1. The Labute approximate surface area is 120 Å². The summed E-state index contributed by atoms with van der Waals surface area (Å²) in [7, 11) is -3.43. The molecule has 0 aromatic heterocycles. The average molecular weight is 305 g/mol. The molecule has 0 saturated carbocycles. The highest BCUT2D eigenvalue weighted by atomic mass is 32.2. The summed E-state index contributed by atoms with van der Waals surface area (Å²) in [6.45, 7) is 6.11. The molecule has 6 nitrogen and oxygen atoms in total. The molecule has 1 aliphatic heterocycles. The quantitative estimate of drug-likeness (QED) is 0.586. The van der Waals surface area contributed by atoms with Crippen LogP contribution in [-0.2, 0) is 19.0 Å². The van der Waals surface area contributed by atoms with Crippen molar-refractivity contribution >= 4 is 16.2 Å². The summed E-state index contributed by atoms with van der Waals surface area (Å²) in [5.41, 5.74) is -0.520. The number of hydrogen-bond acceptors (Lipinski definition) is 5. The summed E-state index contributed by atoms with van der Waals surface area (Å²) in [4.78, 5) is 13.7. The van der Waals surface area contributed by atoms with Crippen LogP contribution < -0.4 is 0 Å². The maximum atomic E-state index is 12.0. The lowest BCUT2D eigenvalue weighted by atomic mass is 10.2. The van der Waals surface area contributed by atoms with Gasteiger partial charge in [0.1, 0.15) is 5.60 Å². The number of carbonyl (C=O) groups excluding carboxylic acids is 1. The SMILES string of the molecule is CC(C)(C)OC(=O)N1CCC[C@H]1/C=C/COS(C)(=O)=O. The maximum Gasteiger partial charge on any atom is 0.410 e. The Morgan fingerprint density at radius 2 is 2.05 bits per heavy atom. The predicted octanol–water partition coefficient (Wildman–Crippen LogP) is 1.92. The molecular weight excluding hydrogens is 282 g/mol. The van der Waals surface area contributed by atoms with E-state index in [1.54, 1.807) is 17.1 Å². The molecule has 0 aromatic carbocycles. The lowest BCUT2D eigenvalue weighted by Gasteiger charge is -2.27. The lowest BCUT2D eigenvalue weighted by molar-refractivity contribution is 0.0255. The second-order valence-electron chi connectivity index (χ2n) is 5.80. The van der Waals surface area contributed by atoms with Gasteiger partial charge in [-0.2, -0.15) is 8.42 Å². The summed E-state index contributed by atoms with van der Waals surface area (Å²) < 4.78 is 31.6. The van der Waals surface area contributed by atoms with E-state index >= 15 is 0 Å². The fourth-order valence-corrected chi connectivity index (χ4v) is 2.24. The van der Waals surface area contributed by atoms with Crippen LogP contribution >= 0.6 is 0 Å². The van der Waals surface area contributed by atoms with Gasteiger partial charge in [-0.15, -0.1) is 0 Å². The largest absolute Gasteiger partial charge is 0.444 e. The van der Waals surface area contributed by atoms with E-state index in [-0.39, 0.29) is 18.7 Å². The molecule has 1 rings (SSSR count). The highest BCUT2D eigenvalue weighted by molar-refractivity contribution is 7.85. The third-order valence-corrected chi connectivity index (χ3v) is 3.23. The lowest BCUT2D eigenvalue weighted by Crippen LogP contribution is -2.39. The van der Waals surface area contributed by atoms with Crippen LogP contribution in [0.15, 0.2) is 12.2 Å². The Balaban J connectivity index is 2.53. The van der Waals surface area contributed by atoms with Crippen molar-refractivity contribution in [2.45, 2.75) is 45.3 Å². The van der Waals surface area contributed by atoms with E-state index in [0.717, 1.165) is 19.1 Å². The van der Waals surface area contributed by atoms with Crippen LogP contribution in [-0.4, -0.2) is 50.5 Å². The van der Waals surface area contributed by atoms with Crippen molar-refractivity contribution in [3.05, 3.63) is 12.2 Å². The molecule has 7 heteroatoms. The van der Waals surface area contributed by atoms with E-state index in [0.29, 0.717) is 6.54 Å². The van der Waals surface area contributed by atoms with Gasteiger partial charge in [-0.3, -0.25) is 4.18 Å². The third kappa shape index (κ3) is 6.38. The standard InChI is InChI=1S/C13H23NO5S/c1-13(2,3)19-12(15)14-9-5-7-11(14)8-6-10-18-20(4,16)17/h6,8,11H,5,7,9-10H2,1-4H3/b8-6+/t11-/m0/s1. The molecule has 0 aliphatic carbocycles. The number of likely N-dealkylation sites (tertiary alicyclic amines) is 1. The van der Waals surface area contributed by atoms with Gasteiger partial charge >= 0.3 is 6.09 Å². The van der Waals surface area contributed by atoms with Crippen LogP contribution in [0.5, 0.6) is 0 Å². The Hall–Kier alpha value is -1.08. The van der Waals surface area contributed by atoms with Gasteiger partial charge in [0.25, 0.3) is 10.1 Å². The number of ether oxygens (including phenoxy) is 1. The Morgan fingerprint density at radius 1 is 1.40 bits per heavy atom. The molecule has 1 amide bonds. The van der Waals surface area contributed by atoms with E-state index in [4.69, 9.17) is 4.74 Å². The Morgan fingerprint density at radius 3 is 2.60 bits per heavy atom. The van der Waals surface area contributed by atoms with Crippen molar-refractivity contribution < 1.29 is 22.1 Å². The molecule has 1 atom stereocenters. The molecule has 1 heterocycles. The van der Waals surface area contributed by atoms with Crippen LogP contribution in [0.3, 0.4) is 0 Å². The topological polar surface area (TPSA) is 72.9 Å². The average Bonchev–Trinajstić information content (AvgIpc) is 2.68. The van der Waals surface area contributed by atoms with Crippen LogP contribution in [0.2, 0.25) is 0 Å². The van der Waals surface area contributed by atoms with Gasteiger partial charge in [0, 0.05) is 6.54 Å². The molecule has 0 unspecified atom stereocenters. The molecule has 1 saturated heterocycles. The Bertz CT molecular complexity index is 464. The number of rotatable bonds is 4. The number of nitrogens with zero attached hydrogens (tertiary/aromatic N) is 1. The van der Waals surface area contributed by atoms with E-state index in [1.165, 1.54) is 0 Å². The minimum absolute atomic E-state index is 0.0164. The van der Waals surface area contributed by atoms with E-state index in [2.05, 4.69) is 4.18 Å². The summed E-state index contributed by atoms with van der Waals surface area (Å²) >= 11 is 0. The third-order valence-electron chi connectivity index (χ3n) is 2.66. The van der Waals surface area contributed by atoms with Crippen LogP contribution in [0.1, 0.15) is 33.6 Å². The molecule has 20 heavy (non-hydrogen) atoms. The zero-order chi connectivity index (χ0) is 15.4. The first-order chi connectivity index (χ1) is 9.08. The fourth-order valence-electron chi connectivity index (χ4n) is 1.92. The second kappa shape index (κ2) is 6.58. The molecule has 0 aromatic rings. The van der Waals surface area contributed by atoms with Crippen LogP contribution in [0.25, 0.3) is 0 Å². The summed E-state index contributed by atoms with van der Waals surface area (Å²) in [6, 6.07) is -0.0620. The summed E-state index contributed by atoms with van der Waals surface area (Å²) in [5, 5.41) is 0. The molecule has 1 aliphatic rings. The highest BCUT2D eigenvalue weighted by Crippen LogP contribution is 2.21. The van der Waals surface area contributed by atoms with E-state index in [1.807, 2.05) is 20.8 Å². The van der Waals surface area contributed by atoms with E-state index < -0.39 is 15.7 Å². The first kappa shape index (κ1) is 17.0. The molecular formula is C13H23NO5S. The first-order valence-electron chi connectivity index (χ1n) is 6.59. The molecule has 116 valence electrons. The minimum atomic E-state index is -3.43. The van der Waals surface area contributed by atoms with Gasteiger partial charge < -0.3 is 9.64 Å². The molecule has 0 spiro atoms. The summed E-state index contributed by atoms with van der Waals surface area (Å²) in [5.74, 6) is 0. The number of carbonyl (C=O) groups is 1. The molecule has 0 radical (unpaired) electrons. The first-order valence-corrected chi connectivity index (χ1v) is 8.41. The van der Waals surface area contributed by atoms with Crippen molar-refractivity contribution in [1.29, 1.82) is 0 Å². The van der Waals surface area contributed by atoms with Crippen molar-refractivity contribution in [2.24, 2.45) is 0 Å². The van der Waals surface area contributed by atoms with Gasteiger partial charge in [0.15, 0.2) is 0 Å². The van der Waals surface area contributed by atoms with Gasteiger partial charge in [-0.05, 0) is 33.6 Å². The Kier molecular flexibility index (Phi) is 5.59. The van der Waals surface area contributed by atoms with Crippen LogP contribution in [0, 0.1) is 0 Å². The molecule has 1 fully saturated rings. The fraction of sp³-hybridized carbons (Fsp3) is 0.769. The maximum absolute atomic E-state index is 12.0. The molecule has 0 bridgehead atoms. The van der Waals surface area contributed by atoms with E-state index in [9.17, 15) is 13.2 Å². The van der Waals surface area contributed by atoms with Crippen molar-refractivity contribution in [1.82, 2.24) is 4.90 Å². The van der Waals surface area contributed by atoms with Gasteiger partial charge in [0.2, 0.25) is 0 Å². The smallest absolute Gasteiger partial charge is 0.410 e. The van der Waals surface area contributed by atoms with Gasteiger partial charge in [0.05, 0.1) is 18.9 Å². The monoisotopic (exact) mass is 305 g/mol. The van der Waals surface area contributed by atoms with Crippen molar-refractivity contribution in [3.8, 4) is 0 Å². The van der Waals surface area contributed by atoms with Gasteiger partial charge in [-0.25, -0.2) is 4.79 Å². The predicted molar refractivity (Wildman–Crippen MR) is 75.9 cm³/mol. The molecule has 0 N–H and O–H groups in total. The van der Waals surface area contributed by atoms with Crippen LogP contribution in [0.4, 0.5) is 4.79 Å². The zero-order valence-corrected chi connectivity index (χ0v) is 13.3. The van der Waals surface area contributed by atoms with Gasteiger partial charge in [-0.1, -0.05) is 12.2 Å². The van der Waals surface area contributed by atoms with Crippen molar-refractivity contribution in [2.75, 3.05) is 19.4 Å². The number of hydrogen-bond donors (Lipinski definition) is 0.